The first kappa shape index (κ1) is 21.6. The van der Waals surface area contributed by atoms with Crippen molar-refractivity contribution >= 4 is 11.8 Å². The van der Waals surface area contributed by atoms with Gasteiger partial charge in [0.15, 0.2) is 0 Å². The maximum atomic E-state index is 13.4. The molecule has 4 heteroatoms. The smallest absolute Gasteiger partial charge is 0.228 e. The molecule has 164 valence electrons. The lowest BCUT2D eigenvalue weighted by Gasteiger charge is -2.42. The van der Waals surface area contributed by atoms with E-state index in [0.717, 1.165) is 19.3 Å². The largest absolute Gasteiger partial charge is 0.348 e. The zero-order valence-corrected chi connectivity index (χ0v) is 19.2. The number of nitrogens with zero attached hydrogens (tertiary/aromatic N) is 2. The summed E-state index contributed by atoms with van der Waals surface area (Å²) in [7, 11) is 3.70. The van der Waals surface area contributed by atoms with Crippen molar-refractivity contribution in [3.8, 4) is 11.1 Å². The standard InChI is InChI=1S/C27H34N2O2/c1-19-9-5-7-11-22(19)23-12-8-6-10-21(23)18-27(26(31)28(3)4)13-15-29(16-14-27)25(30)24-17-20(24)2/h5-12,20,24H,13-18H2,1-4H3. The Morgan fingerprint density at radius 2 is 1.58 bits per heavy atom. The van der Waals surface area contributed by atoms with Gasteiger partial charge in [-0.2, -0.15) is 0 Å². The summed E-state index contributed by atoms with van der Waals surface area (Å²) in [6, 6.07) is 16.9. The Morgan fingerprint density at radius 1 is 1.00 bits per heavy atom. The van der Waals surface area contributed by atoms with Crippen LogP contribution in [0.1, 0.15) is 37.3 Å². The molecule has 1 saturated heterocycles. The van der Waals surface area contributed by atoms with Crippen LogP contribution in [-0.4, -0.2) is 48.8 Å². The molecule has 4 rings (SSSR count). The van der Waals surface area contributed by atoms with Crippen LogP contribution in [0.2, 0.25) is 0 Å². The van der Waals surface area contributed by atoms with Crippen molar-refractivity contribution in [1.82, 2.24) is 9.80 Å². The van der Waals surface area contributed by atoms with Crippen molar-refractivity contribution in [2.45, 2.75) is 39.5 Å². The van der Waals surface area contributed by atoms with Gasteiger partial charge in [0.1, 0.15) is 0 Å². The number of aryl methyl sites for hydroxylation is 1. The van der Waals surface area contributed by atoms with E-state index in [1.54, 1.807) is 4.90 Å². The number of likely N-dealkylation sites (tertiary alicyclic amines) is 1. The average molecular weight is 419 g/mol. The van der Waals surface area contributed by atoms with E-state index in [1.165, 1.54) is 22.3 Å². The highest BCUT2D eigenvalue weighted by Crippen LogP contribution is 2.43. The second-order valence-electron chi connectivity index (χ2n) is 9.77. The SMILES string of the molecule is Cc1ccccc1-c1ccccc1CC1(C(=O)N(C)C)CCN(C(=O)C2CC2C)CC1. The number of hydrogen-bond acceptors (Lipinski definition) is 2. The van der Waals surface area contributed by atoms with Gasteiger partial charge in [0.05, 0.1) is 5.41 Å². The lowest BCUT2D eigenvalue weighted by molar-refractivity contribution is -0.146. The third-order valence-electron chi connectivity index (χ3n) is 7.30. The molecule has 1 aliphatic carbocycles. The molecule has 0 spiro atoms. The Morgan fingerprint density at radius 3 is 2.16 bits per heavy atom. The topological polar surface area (TPSA) is 40.6 Å². The van der Waals surface area contributed by atoms with E-state index in [1.807, 2.05) is 19.0 Å². The van der Waals surface area contributed by atoms with Crippen molar-refractivity contribution < 1.29 is 9.59 Å². The predicted molar refractivity (Wildman–Crippen MR) is 125 cm³/mol. The number of amides is 2. The van der Waals surface area contributed by atoms with Gasteiger partial charge >= 0.3 is 0 Å². The maximum Gasteiger partial charge on any atom is 0.228 e. The van der Waals surface area contributed by atoms with Crippen LogP contribution in [0, 0.1) is 24.2 Å². The Hall–Kier alpha value is -2.62. The number of benzene rings is 2. The van der Waals surface area contributed by atoms with E-state index in [2.05, 4.69) is 62.4 Å². The van der Waals surface area contributed by atoms with Gasteiger partial charge in [-0.1, -0.05) is 55.5 Å². The fourth-order valence-electron chi connectivity index (χ4n) is 5.17. The molecular formula is C27H34N2O2. The molecule has 2 aliphatic rings. The molecule has 2 unspecified atom stereocenters. The third kappa shape index (κ3) is 4.26. The summed E-state index contributed by atoms with van der Waals surface area (Å²) in [4.78, 5) is 29.9. The summed E-state index contributed by atoms with van der Waals surface area (Å²) < 4.78 is 0. The molecule has 0 N–H and O–H groups in total. The second kappa shape index (κ2) is 8.49. The summed E-state index contributed by atoms with van der Waals surface area (Å²) in [5.74, 6) is 1.19. The van der Waals surface area contributed by atoms with E-state index < -0.39 is 5.41 Å². The summed E-state index contributed by atoms with van der Waals surface area (Å²) >= 11 is 0. The zero-order chi connectivity index (χ0) is 22.2. The molecule has 2 fully saturated rings. The zero-order valence-electron chi connectivity index (χ0n) is 19.2. The summed E-state index contributed by atoms with van der Waals surface area (Å²) in [5, 5.41) is 0. The van der Waals surface area contributed by atoms with Crippen LogP contribution in [0.4, 0.5) is 0 Å². The minimum absolute atomic E-state index is 0.180. The normalized spacial score (nSPS) is 22.1. The highest BCUT2D eigenvalue weighted by molar-refractivity contribution is 5.85. The van der Waals surface area contributed by atoms with Gasteiger partial charge in [-0.25, -0.2) is 0 Å². The molecular weight excluding hydrogens is 384 g/mol. The van der Waals surface area contributed by atoms with E-state index in [-0.39, 0.29) is 11.8 Å². The van der Waals surface area contributed by atoms with Crippen LogP contribution in [-0.2, 0) is 16.0 Å². The third-order valence-corrected chi connectivity index (χ3v) is 7.30. The summed E-state index contributed by atoms with van der Waals surface area (Å²) in [6.45, 7) is 5.63. The van der Waals surface area contributed by atoms with Crippen molar-refractivity contribution in [1.29, 1.82) is 0 Å². The van der Waals surface area contributed by atoms with E-state index >= 15 is 0 Å². The van der Waals surface area contributed by atoms with Crippen molar-refractivity contribution in [3.63, 3.8) is 0 Å². The second-order valence-corrected chi connectivity index (χ2v) is 9.77. The molecule has 2 aromatic rings. The van der Waals surface area contributed by atoms with Crippen molar-refractivity contribution in [2.24, 2.45) is 17.3 Å². The molecule has 2 atom stereocenters. The fourth-order valence-corrected chi connectivity index (χ4v) is 5.17. The van der Waals surface area contributed by atoms with Crippen LogP contribution >= 0.6 is 0 Å². The van der Waals surface area contributed by atoms with Gasteiger partial charge in [0.2, 0.25) is 11.8 Å². The molecule has 1 saturated carbocycles. The lowest BCUT2D eigenvalue weighted by atomic mass is 9.71. The molecule has 0 radical (unpaired) electrons. The minimum Gasteiger partial charge on any atom is -0.348 e. The van der Waals surface area contributed by atoms with Gasteiger partial charge in [-0.3, -0.25) is 9.59 Å². The van der Waals surface area contributed by atoms with Gasteiger partial charge in [0.25, 0.3) is 0 Å². The number of hydrogen-bond donors (Lipinski definition) is 0. The Kier molecular flexibility index (Phi) is 5.92. The van der Waals surface area contributed by atoms with Crippen LogP contribution in [0.15, 0.2) is 48.5 Å². The first-order valence-corrected chi connectivity index (χ1v) is 11.5. The van der Waals surface area contributed by atoms with Crippen LogP contribution in [0.3, 0.4) is 0 Å². The molecule has 4 nitrogen and oxygen atoms in total. The highest BCUT2D eigenvalue weighted by atomic mass is 16.2. The highest BCUT2D eigenvalue weighted by Gasteiger charge is 2.47. The van der Waals surface area contributed by atoms with E-state index in [0.29, 0.717) is 31.3 Å². The Balaban J connectivity index is 1.62. The first-order chi connectivity index (χ1) is 14.8. The van der Waals surface area contributed by atoms with Gasteiger partial charge in [0, 0.05) is 33.1 Å². The number of piperidine rings is 1. The Bertz CT molecular complexity index is 973. The van der Waals surface area contributed by atoms with E-state index in [9.17, 15) is 9.59 Å². The number of carbonyl (C=O) groups is 2. The maximum absolute atomic E-state index is 13.4. The molecule has 1 heterocycles. The monoisotopic (exact) mass is 418 g/mol. The number of carbonyl (C=O) groups excluding carboxylic acids is 2. The molecule has 31 heavy (non-hydrogen) atoms. The van der Waals surface area contributed by atoms with Crippen molar-refractivity contribution in [2.75, 3.05) is 27.2 Å². The molecule has 0 aromatic heterocycles. The van der Waals surface area contributed by atoms with Gasteiger partial charge < -0.3 is 9.80 Å². The Labute approximate surface area is 186 Å². The quantitative estimate of drug-likeness (QED) is 0.714. The van der Waals surface area contributed by atoms with Gasteiger partial charge in [-0.05, 0) is 60.8 Å². The van der Waals surface area contributed by atoms with E-state index in [4.69, 9.17) is 0 Å². The number of rotatable bonds is 5. The summed E-state index contributed by atoms with van der Waals surface area (Å²) in [6.07, 6.45) is 3.16. The average Bonchev–Trinajstić information content (AvgIpc) is 3.50. The fraction of sp³-hybridized carbons (Fsp3) is 0.481. The predicted octanol–water partition coefficient (Wildman–Crippen LogP) is 4.56. The lowest BCUT2D eigenvalue weighted by Crippen LogP contribution is -2.51. The molecule has 2 aromatic carbocycles. The van der Waals surface area contributed by atoms with Crippen LogP contribution in [0.5, 0.6) is 0 Å². The van der Waals surface area contributed by atoms with Gasteiger partial charge in [-0.15, -0.1) is 0 Å². The molecule has 1 aliphatic heterocycles. The van der Waals surface area contributed by atoms with Crippen LogP contribution in [0.25, 0.3) is 11.1 Å². The molecule has 0 bridgehead atoms. The minimum atomic E-state index is -0.464. The first-order valence-electron chi connectivity index (χ1n) is 11.5. The van der Waals surface area contributed by atoms with Crippen molar-refractivity contribution in [3.05, 3.63) is 59.7 Å². The van der Waals surface area contributed by atoms with Crippen LogP contribution < -0.4 is 0 Å². The summed E-state index contributed by atoms with van der Waals surface area (Å²) in [5.41, 5.74) is 4.41. The molecule has 2 amide bonds.